The lowest BCUT2D eigenvalue weighted by Crippen LogP contribution is -2.45. The number of hydrogen-bond acceptors (Lipinski definition) is 5. The van der Waals surface area contributed by atoms with Crippen molar-refractivity contribution < 1.29 is 14.3 Å². The summed E-state index contributed by atoms with van der Waals surface area (Å²) in [5, 5.41) is 2.65. The molecule has 0 aliphatic rings. The highest BCUT2D eigenvalue weighted by molar-refractivity contribution is 5.98. The van der Waals surface area contributed by atoms with Gasteiger partial charge < -0.3 is 21.5 Å². The van der Waals surface area contributed by atoms with Gasteiger partial charge in [0.25, 0.3) is 5.91 Å². The number of anilines is 2. The number of esters is 1. The van der Waals surface area contributed by atoms with Gasteiger partial charge in [-0.15, -0.1) is 24.8 Å². The van der Waals surface area contributed by atoms with Crippen LogP contribution >= 0.6 is 24.8 Å². The van der Waals surface area contributed by atoms with Crippen LogP contribution in [0.25, 0.3) is 0 Å². The van der Waals surface area contributed by atoms with Gasteiger partial charge in [0.15, 0.2) is 0 Å². The van der Waals surface area contributed by atoms with Crippen molar-refractivity contribution in [2.75, 3.05) is 18.1 Å². The van der Waals surface area contributed by atoms with Crippen LogP contribution in [0.3, 0.4) is 0 Å². The molecule has 5 N–H and O–H groups in total. The molecular weight excluding hydrogens is 329 g/mol. The number of nitrogen functional groups attached to an aromatic ring is 2. The van der Waals surface area contributed by atoms with Gasteiger partial charge in [-0.3, -0.25) is 4.79 Å². The maximum atomic E-state index is 12.1. The molecule has 0 aliphatic carbocycles. The third-order valence-corrected chi connectivity index (χ3v) is 2.73. The minimum Gasteiger partial charge on any atom is -0.464 e. The second-order valence-corrected chi connectivity index (χ2v) is 4.84. The van der Waals surface area contributed by atoms with Gasteiger partial charge in [-0.1, -0.05) is 13.8 Å². The molecule has 1 amide bonds. The molecule has 0 saturated carbocycles. The normalized spacial score (nSPS) is 10.9. The van der Waals surface area contributed by atoms with Crippen molar-refractivity contribution in [2.24, 2.45) is 5.92 Å². The molecule has 0 aromatic heterocycles. The van der Waals surface area contributed by atoms with Gasteiger partial charge >= 0.3 is 5.97 Å². The fourth-order valence-electron chi connectivity index (χ4n) is 1.76. The minimum atomic E-state index is -0.704. The molecule has 8 heteroatoms. The zero-order valence-electron chi connectivity index (χ0n) is 12.8. The first-order valence-electron chi connectivity index (χ1n) is 6.48. The maximum absolute atomic E-state index is 12.1. The monoisotopic (exact) mass is 351 g/mol. The lowest BCUT2D eigenvalue weighted by molar-refractivity contribution is -0.146. The van der Waals surface area contributed by atoms with E-state index < -0.39 is 17.9 Å². The molecule has 1 aromatic carbocycles. The molecule has 6 nitrogen and oxygen atoms in total. The molecule has 0 bridgehead atoms. The van der Waals surface area contributed by atoms with Gasteiger partial charge in [0.2, 0.25) is 0 Å². The summed E-state index contributed by atoms with van der Waals surface area (Å²) >= 11 is 0. The zero-order valence-corrected chi connectivity index (χ0v) is 14.4. The fourth-order valence-corrected chi connectivity index (χ4v) is 1.76. The second kappa shape index (κ2) is 10.1. The van der Waals surface area contributed by atoms with Crippen LogP contribution in [0.15, 0.2) is 18.2 Å². The number of amides is 1. The first-order valence-corrected chi connectivity index (χ1v) is 6.48. The van der Waals surface area contributed by atoms with E-state index in [1.165, 1.54) is 12.1 Å². The molecule has 0 radical (unpaired) electrons. The average molecular weight is 352 g/mol. The second-order valence-electron chi connectivity index (χ2n) is 4.84. The lowest BCUT2D eigenvalue weighted by Gasteiger charge is -2.20. The van der Waals surface area contributed by atoms with Crippen molar-refractivity contribution >= 4 is 48.1 Å². The predicted octanol–water partition coefficient (Wildman–Crippen LogP) is 2.01. The Kier molecular flexibility index (Phi) is 10.4. The number of nitrogens with two attached hydrogens (primary N) is 2. The average Bonchev–Trinajstić information content (AvgIpc) is 2.34. The molecule has 0 spiro atoms. The molecule has 1 rings (SSSR count). The van der Waals surface area contributed by atoms with Gasteiger partial charge in [0, 0.05) is 16.9 Å². The summed E-state index contributed by atoms with van der Waals surface area (Å²) in [4.78, 5) is 23.9. The van der Waals surface area contributed by atoms with E-state index >= 15 is 0 Å². The smallest absolute Gasteiger partial charge is 0.328 e. The standard InChI is InChI=1S/C14H21N3O3.2ClH/c1-4-20-14(19)12(8(2)3)17-13(18)9-5-10(15)7-11(16)6-9;;/h5-8,12H,4,15-16H2,1-3H3,(H,17,18);2*1H/t12-;;/m0../s1. The van der Waals surface area contributed by atoms with Gasteiger partial charge in [-0.05, 0) is 31.0 Å². The predicted molar refractivity (Wildman–Crippen MR) is 92.5 cm³/mol. The molecule has 0 saturated heterocycles. The van der Waals surface area contributed by atoms with Crippen LogP contribution in [0.1, 0.15) is 31.1 Å². The number of benzene rings is 1. The Bertz CT molecular complexity index is 490. The van der Waals surface area contributed by atoms with E-state index in [-0.39, 0.29) is 37.3 Å². The van der Waals surface area contributed by atoms with Crippen LogP contribution in [0, 0.1) is 5.92 Å². The maximum Gasteiger partial charge on any atom is 0.328 e. The van der Waals surface area contributed by atoms with Crippen molar-refractivity contribution in [3.8, 4) is 0 Å². The number of carbonyl (C=O) groups excluding carboxylic acids is 2. The number of carbonyl (C=O) groups is 2. The van der Waals surface area contributed by atoms with Crippen LogP contribution in [0.2, 0.25) is 0 Å². The SMILES string of the molecule is CCOC(=O)[C@@H](NC(=O)c1cc(N)cc(N)c1)C(C)C.Cl.Cl. The van der Waals surface area contributed by atoms with Crippen LogP contribution in [0.5, 0.6) is 0 Å². The van der Waals surface area contributed by atoms with Gasteiger partial charge in [0.05, 0.1) is 6.61 Å². The summed E-state index contributed by atoms with van der Waals surface area (Å²) in [7, 11) is 0. The highest BCUT2D eigenvalue weighted by atomic mass is 35.5. The van der Waals surface area contributed by atoms with E-state index in [9.17, 15) is 9.59 Å². The highest BCUT2D eigenvalue weighted by Gasteiger charge is 2.25. The molecular formula is C14H23Cl2N3O3. The van der Waals surface area contributed by atoms with Crippen molar-refractivity contribution in [1.82, 2.24) is 5.32 Å². The quantitative estimate of drug-likeness (QED) is 0.555. The number of nitrogens with one attached hydrogen (secondary N) is 1. The van der Waals surface area contributed by atoms with Crippen molar-refractivity contribution in [1.29, 1.82) is 0 Å². The topological polar surface area (TPSA) is 107 Å². The van der Waals surface area contributed by atoms with Crippen molar-refractivity contribution in [3.63, 3.8) is 0 Å². The number of hydrogen-bond donors (Lipinski definition) is 3. The van der Waals surface area contributed by atoms with Gasteiger partial charge in [0.1, 0.15) is 6.04 Å². The number of rotatable bonds is 5. The Morgan fingerprint density at radius 2 is 1.64 bits per heavy atom. The summed E-state index contributed by atoms with van der Waals surface area (Å²) in [6.07, 6.45) is 0. The van der Waals surface area contributed by atoms with Crippen LogP contribution in [-0.2, 0) is 9.53 Å². The molecule has 126 valence electrons. The fraction of sp³-hybridized carbons (Fsp3) is 0.429. The molecule has 0 fully saturated rings. The molecule has 0 heterocycles. The highest BCUT2D eigenvalue weighted by Crippen LogP contribution is 2.14. The van der Waals surface area contributed by atoms with E-state index in [1.54, 1.807) is 13.0 Å². The van der Waals surface area contributed by atoms with E-state index in [0.29, 0.717) is 16.9 Å². The molecule has 0 unspecified atom stereocenters. The number of ether oxygens (including phenoxy) is 1. The Balaban J connectivity index is 0. The summed E-state index contributed by atoms with van der Waals surface area (Å²) in [5.74, 6) is -0.945. The van der Waals surface area contributed by atoms with Gasteiger partial charge in [-0.2, -0.15) is 0 Å². The van der Waals surface area contributed by atoms with E-state index in [1.807, 2.05) is 13.8 Å². The third-order valence-electron chi connectivity index (χ3n) is 2.73. The third kappa shape index (κ3) is 6.41. The molecule has 1 atom stereocenters. The van der Waals surface area contributed by atoms with Crippen LogP contribution in [0.4, 0.5) is 11.4 Å². The van der Waals surface area contributed by atoms with E-state index in [0.717, 1.165) is 0 Å². The Morgan fingerprint density at radius 1 is 1.14 bits per heavy atom. The summed E-state index contributed by atoms with van der Waals surface area (Å²) in [6.45, 7) is 5.64. The Labute approximate surface area is 142 Å². The Hall–Kier alpha value is -1.66. The first-order chi connectivity index (χ1) is 9.35. The first kappa shape index (κ1) is 22.6. The summed E-state index contributed by atoms with van der Waals surface area (Å²) in [6, 6.07) is 3.87. The van der Waals surface area contributed by atoms with Crippen molar-refractivity contribution in [2.45, 2.75) is 26.8 Å². The minimum absolute atomic E-state index is 0. The van der Waals surface area contributed by atoms with Gasteiger partial charge in [-0.25, -0.2) is 4.79 Å². The molecule has 22 heavy (non-hydrogen) atoms. The molecule has 0 aliphatic heterocycles. The summed E-state index contributed by atoms with van der Waals surface area (Å²) < 4.78 is 4.95. The van der Waals surface area contributed by atoms with E-state index in [4.69, 9.17) is 16.2 Å². The summed E-state index contributed by atoms with van der Waals surface area (Å²) in [5.41, 5.74) is 12.4. The zero-order chi connectivity index (χ0) is 15.3. The van der Waals surface area contributed by atoms with Crippen molar-refractivity contribution in [3.05, 3.63) is 23.8 Å². The van der Waals surface area contributed by atoms with Crippen LogP contribution < -0.4 is 16.8 Å². The lowest BCUT2D eigenvalue weighted by atomic mass is 10.0. The van der Waals surface area contributed by atoms with E-state index in [2.05, 4.69) is 5.32 Å². The van der Waals surface area contributed by atoms with Crippen LogP contribution in [-0.4, -0.2) is 24.5 Å². The molecule has 1 aromatic rings. The largest absolute Gasteiger partial charge is 0.464 e. The Morgan fingerprint density at radius 3 is 2.05 bits per heavy atom. The number of halogens is 2.